The molecular weight excluding hydrogens is 476 g/mol. The maximum absolute atomic E-state index is 14.4. The summed E-state index contributed by atoms with van der Waals surface area (Å²) in [5, 5.41) is 14.3. The minimum Gasteiger partial charge on any atom is -0.409 e. The van der Waals surface area contributed by atoms with Gasteiger partial charge in [-0.05, 0) is 58.1 Å². The molecular formula is C29H21F2N3O3. The number of halogens is 2. The van der Waals surface area contributed by atoms with Gasteiger partial charge in [-0.2, -0.15) is 0 Å². The molecule has 184 valence electrons. The second kappa shape index (κ2) is 8.83. The normalized spacial score (nSPS) is 17.4. The van der Waals surface area contributed by atoms with Gasteiger partial charge in [0.15, 0.2) is 5.84 Å². The van der Waals surface area contributed by atoms with Gasteiger partial charge in [0.05, 0.1) is 0 Å². The zero-order valence-electron chi connectivity index (χ0n) is 19.4. The summed E-state index contributed by atoms with van der Waals surface area (Å²) in [6.07, 6.45) is -0.581. The van der Waals surface area contributed by atoms with Crippen molar-refractivity contribution in [1.82, 2.24) is 5.32 Å². The third-order valence-corrected chi connectivity index (χ3v) is 6.92. The van der Waals surface area contributed by atoms with Crippen LogP contribution in [0.2, 0.25) is 0 Å². The number of amidine groups is 1. The fourth-order valence-electron chi connectivity index (χ4n) is 5.03. The Morgan fingerprint density at radius 1 is 0.865 bits per heavy atom. The van der Waals surface area contributed by atoms with Gasteiger partial charge >= 0.3 is 0 Å². The van der Waals surface area contributed by atoms with Crippen LogP contribution in [0.25, 0.3) is 11.1 Å². The zero-order chi connectivity index (χ0) is 25.7. The molecule has 0 fully saturated rings. The van der Waals surface area contributed by atoms with E-state index in [1.54, 1.807) is 30.3 Å². The Bertz CT molecular complexity index is 1600. The summed E-state index contributed by atoms with van der Waals surface area (Å²) in [6.45, 7) is -0.0322. The average molecular weight is 498 g/mol. The lowest BCUT2D eigenvalue weighted by Crippen LogP contribution is -2.24. The van der Waals surface area contributed by atoms with Crippen molar-refractivity contribution in [3.8, 4) is 11.1 Å². The van der Waals surface area contributed by atoms with Crippen LogP contribution in [-0.4, -0.2) is 17.0 Å². The van der Waals surface area contributed by atoms with E-state index in [0.717, 1.165) is 33.9 Å². The largest absolute Gasteiger partial charge is 0.409 e. The predicted molar refractivity (Wildman–Crippen MR) is 133 cm³/mol. The molecule has 0 aromatic heterocycles. The molecule has 4 aromatic rings. The molecule has 0 aliphatic carbocycles. The molecule has 2 atom stereocenters. The Hall–Kier alpha value is -4.56. The van der Waals surface area contributed by atoms with Gasteiger partial charge in [-0.15, -0.1) is 0 Å². The molecule has 2 heterocycles. The summed E-state index contributed by atoms with van der Waals surface area (Å²) in [5.41, 5.74) is 11.6. The Labute approximate surface area is 211 Å². The molecule has 0 unspecified atom stereocenters. The summed E-state index contributed by atoms with van der Waals surface area (Å²) in [4.78, 5) is 12.9. The highest BCUT2D eigenvalue weighted by atomic mass is 19.1. The SMILES string of the molecule is NC(=NO)c1ccc(CNC(=O)c2ccc3c(c2)[C@@H]2O[C@H]3c3ccc(-c4ccccc4F)cc32)c(F)c1. The average Bonchev–Trinajstić information content (AvgIpc) is 3.49. The molecule has 6 nitrogen and oxygen atoms in total. The van der Waals surface area contributed by atoms with E-state index in [4.69, 9.17) is 15.7 Å². The number of amides is 1. The fourth-order valence-corrected chi connectivity index (χ4v) is 5.03. The van der Waals surface area contributed by atoms with E-state index in [0.29, 0.717) is 11.1 Å². The molecule has 0 radical (unpaired) electrons. The van der Waals surface area contributed by atoms with Gasteiger partial charge < -0.3 is 21.0 Å². The van der Waals surface area contributed by atoms with Crippen LogP contribution >= 0.6 is 0 Å². The van der Waals surface area contributed by atoms with Crippen LogP contribution in [-0.2, 0) is 11.3 Å². The highest BCUT2D eigenvalue weighted by Gasteiger charge is 2.43. The molecule has 4 aromatic carbocycles. The molecule has 2 aliphatic rings. The zero-order valence-corrected chi connectivity index (χ0v) is 19.4. The third kappa shape index (κ3) is 3.82. The summed E-state index contributed by atoms with van der Waals surface area (Å²) >= 11 is 0. The number of oxime groups is 1. The number of carbonyl (C=O) groups excluding carboxylic acids is 1. The van der Waals surface area contributed by atoms with Crippen molar-refractivity contribution in [3.63, 3.8) is 0 Å². The summed E-state index contributed by atoms with van der Waals surface area (Å²) < 4.78 is 35.0. The van der Waals surface area contributed by atoms with Crippen molar-refractivity contribution in [2.75, 3.05) is 0 Å². The minimum absolute atomic E-state index is 0.0322. The van der Waals surface area contributed by atoms with Gasteiger partial charge in [-0.25, -0.2) is 8.78 Å². The maximum Gasteiger partial charge on any atom is 0.251 e. The number of nitrogens with one attached hydrogen (secondary N) is 1. The first-order valence-corrected chi connectivity index (χ1v) is 11.7. The van der Waals surface area contributed by atoms with Gasteiger partial charge in [-0.1, -0.05) is 53.7 Å². The van der Waals surface area contributed by atoms with Crippen LogP contribution in [0.5, 0.6) is 0 Å². The van der Waals surface area contributed by atoms with Gasteiger partial charge in [0.25, 0.3) is 5.91 Å². The summed E-state index contributed by atoms with van der Waals surface area (Å²) in [6, 6.07) is 22.0. The van der Waals surface area contributed by atoms with E-state index in [1.165, 1.54) is 18.2 Å². The fraction of sp³-hybridized carbons (Fsp3) is 0.103. The predicted octanol–water partition coefficient (Wildman–Crippen LogP) is 5.18. The minimum atomic E-state index is -0.577. The second-order valence-corrected chi connectivity index (χ2v) is 9.04. The van der Waals surface area contributed by atoms with Crippen LogP contribution < -0.4 is 11.1 Å². The number of rotatable bonds is 5. The monoisotopic (exact) mass is 497 g/mol. The van der Waals surface area contributed by atoms with Crippen molar-refractivity contribution >= 4 is 11.7 Å². The van der Waals surface area contributed by atoms with Crippen LogP contribution in [0.3, 0.4) is 0 Å². The van der Waals surface area contributed by atoms with E-state index in [1.807, 2.05) is 24.3 Å². The van der Waals surface area contributed by atoms with Crippen molar-refractivity contribution in [2.24, 2.45) is 10.9 Å². The Balaban J connectivity index is 1.23. The number of hydrogen-bond donors (Lipinski definition) is 3. The van der Waals surface area contributed by atoms with E-state index in [-0.39, 0.29) is 47.4 Å². The number of nitrogens with zero attached hydrogens (tertiary/aromatic N) is 1. The Morgan fingerprint density at radius 3 is 2.32 bits per heavy atom. The van der Waals surface area contributed by atoms with Crippen LogP contribution in [0.15, 0.2) is 84.0 Å². The number of fused-ring (bicyclic) bond motifs is 8. The first-order valence-electron chi connectivity index (χ1n) is 11.7. The van der Waals surface area contributed by atoms with Crippen molar-refractivity contribution < 1.29 is 23.5 Å². The number of nitrogens with two attached hydrogens (primary N) is 1. The van der Waals surface area contributed by atoms with Crippen molar-refractivity contribution in [1.29, 1.82) is 0 Å². The molecule has 37 heavy (non-hydrogen) atoms. The smallest absolute Gasteiger partial charge is 0.251 e. The van der Waals surface area contributed by atoms with Crippen LogP contribution in [0.4, 0.5) is 8.78 Å². The lowest BCUT2D eigenvalue weighted by molar-refractivity contribution is 0.0857. The lowest BCUT2D eigenvalue weighted by Gasteiger charge is -2.18. The summed E-state index contributed by atoms with van der Waals surface area (Å²) in [7, 11) is 0. The van der Waals surface area contributed by atoms with Gasteiger partial charge in [0.1, 0.15) is 23.8 Å². The van der Waals surface area contributed by atoms with E-state index < -0.39 is 5.82 Å². The number of hydrogen-bond acceptors (Lipinski definition) is 4. The first kappa shape index (κ1) is 22.9. The van der Waals surface area contributed by atoms with Crippen molar-refractivity contribution in [3.05, 3.63) is 129 Å². The highest BCUT2D eigenvalue weighted by Crippen LogP contribution is 2.54. The molecule has 6 rings (SSSR count). The van der Waals surface area contributed by atoms with E-state index in [9.17, 15) is 13.6 Å². The highest BCUT2D eigenvalue weighted by molar-refractivity contribution is 5.97. The molecule has 0 saturated carbocycles. The third-order valence-electron chi connectivity index (χ3n) is 6.92. The number of ether oxygens (including phenoxy) is 1. The Kier molecular flexibility index (Phi) is 5.46. The van der Waals surface area contributed by atoms with E-state index in [2.05, 4.69) is 10.5 Å². The van der Waals surface area contributed by atoms with Gasteiger partial charge in [0.2, 0.25) is 0 Å². The van der Waals surface area contributed by atoms with E-state index >= 15 is 0 Å². The topological polar surface area (TPSA) is 96.9 Å². The number of carbonyl (C=O) groups is 1. The lowest BCUT2D eigenvalue weighted by atomic mass is 9.83. The first-order chi connectivity index (χ1) is 17.9. The second-order valence-electron chi connectivity index (χ2n) is 9.04. The number of benzene rings is 4. The van der Waals surface area contributed by atoms with Crippen molar-refractivity contribution in [2.45, 2.75) is 18.8 Å². The maximum atomic E-state index is 14.4. The van der Waals surface area contributed by atoms with Gasteiger partial charge in [0, 0.05) is 28.8 Å². The molecule has 2 bridgehead atoms. The molecule has 1 amide bonds. The molecule has 8 heteroatoms. The van der Waals surface area contributed by atoms with Crippen LogP contribution in [0.1, 0.15) is 55.9 Å². The molecule has 2 aliphatic heterocycles. The molecule has 0 saturated heterocycles. The van der Waals surface area contributed by atoms with Gasteiger partial charge in [-0.3, -0.25) is 4.79 Å². The quantitative estimate of drug-likeness (QED) is 0.153. The standard InChI is InChI=1S/C29H21F2N3O3/c30-24-4-2-1-3-19(24)15-7-9-20-22(11-15)27-23-12-17(8-10-21(23)26(20)37-27)29(35)33-14-18-6-5-16(13-25(18)31)28(32)34-36/h1-13,26-27,36H,14H2,(H2,32,34)(H,33,35)/t26-,27+/m0/s1. The Morgan fingerprint density at radius 2 is 1.57 bits per heavy atom. The van der Waals surface area contributed by atoms with Crippen LogP contribution in [0, 0.1) is 11.6 Å². The summed E-state index contributed by atoms with van der Waals surface area (Å²) in [5.74, 6) is -1.43. The molecule has 0 spiro atoms. The molecule has 4 N–H and O–H groups in total.